The molecule has 0 aliphatic rings. The normalized spacial score (nSPS) is 14.0. The van der Waals surface area contributed by atoms with Crippen LogP contribution in [0.25, 0.3) is 11.1 Å². The number of carboxylic acids is 2. The molecule has 3 aromatic rings. The average Bonchev–Trinajstić information content (AvgIpc) is 3.46. The van der Waals surface area contributed by atoms with Crippen molar-refractivity contribution < 1.29 is 76.8 Å². The summed E-state index contributed by atoms with van der Waals surface area (Å²) in [5.74, 6) is -10.6. The van der Waals surface area contributed by atoms with Gasteiger partial charge in [-0.3, -0.25) is 43.2 Å². The van der Waals surface area contributed by atoms with E-state index in [1.807, 2.05) is 32.9 Å². The summed E-state index contributed by atoms with van der Waals surface area (Å²) in [4.78, 5) is 144. The summed E-state index contributed by atoms with van der Waals surface area (Å²) in [6.07, 6.45) is 0.564. The number of hydrogen-bond donors (Lipinski definition) is 11. The minimum absolute atomic E-state index is 0.0639. The number of nitrogens with one attached hydrogen (secondary N) is 7. The lowest BCUT2D eigenvalue weighted by Crippen LogP contribution is -2.63. The van der Waals surface area contributed by atoms with Crippen LogP contribution >= 0.6 is 0 Å². The summed E-state index contributed by atoms with van der Waals surface area (Å²) in [6.45, 7) is 11.3. The van der Waals surface area contributed by atoms with E-state index in [-0.39, 0.29) is 62.1 Å². The summed E-state index contributed by atoms with van der Waals surface area (Å²) in [5, 5.41) is 47.0. The van der Waals surface area contributed by atoms with Crippen molar-refractivity contribution in [2.45, 2.75) is 167 Å². The van der Waals surface area contributed by atoms with Gasteiger partial charge < -0.3 is 72.5 Å². The number of amides is 8. The van der Waals surface area contributed by atoms with Crippen molar-refractivity contribution >= 4 is 65.5 Å². The van der Waals surface area contributed by atoms with E-state index in [9.17, 15) is 67.3 Å². The number of primary amides is 1. The predicted octanol–water partition coefficient (Wildman–Crippen LogP) is 2.48. The summed E-state index contributed by atoms with van der Waals surface area (Å²) in [7, 11) is 0. The highest BCUT2D eigenvalue weighted by Crippen LogP contribution is 2.41. The molecule has 84 heavy (non-hydrogen) atoms. The van der Waals surface area contributed by atoms with Crippen LogP contribution in [0.2, 0.25) is 0 Å². The van der Waals surface area contributed by atoms with Gasteiger partial charge in [0.1, 0.15) is 48.2 Å². The van der Waals surface area contributed by atoms with E-state index in [0.717, 1.165) is 23.8 Å². The number of aliphatic carboxylic acids is 2. The molecule has 6 atom stereocenters. The molecule has 0 aliphatic heterocycles. The summed E-state index contributed by atoms with van der Waals surface area (Å²) >= 11 is 0. The molecule has 3 rings (SSSR count). The largest absolute Gasteiger partial charge is 0.481 e. The van der Waals surface area contributed by atoms with Crippen molar-refractivity contribution in [3.05, 3.63) is 83.7 Å². The van der Waals surface area contributed by atoms with E-state index in [4.69, 9.17) is 10.8 Å². The molecule has 0 saturated heterocycles. The molecular formula is C58H82F2N10O14. The van der Waals surface area contributed by atoms with Crippen molar-refractivity contribution in [1.29, 1.82) is 0 Å². The van der Waals surface area contributed by atoms with E-state index >= 15 is 4.39 Å². The number of carboxylic acid groups (broad SMARTS) is 2. The molecule has 2 aromatic carbocycles. The van der Waals surface area contributed by atoms with Gasteiger partial charge in [0.2, 0.25) is 47.3 Å². The molecule has 0 fully saturated rings. The van der Waals surface area contributed by atoms with Gasteiger partial charge in [-0.15, -0.1) is 0 Å². The lowest BCUT2D eigenvalue weighted by molar-refractivity contribution is -0.143. The Morgan fingerprint density at radius 3 is 1.96 bits per heavy atom. The van der Waals surface area contributed by atoms with Crippen LogP contribution in [0, 0.1) is 17.0 Å². The van der Waals surface area contributed by atoms with Gasteiger partial charge in [-0.2, -0.15) is 0 Å². The number of hydrogen-bond acceptors (Lipinski definition) is 13. The van der Waals surface area contributed by atoms with E-state index in [1.54, 1.807) is 55.8 Å². The van der Waals surface area contributed by atoms with Gasteiger partial charge in [0.15, 0.2) is 0 Å². The number of halogens is 2. The number of nitrogens with two attached hydrogens (primary N) is 1. The maximum absolute atomic E-state index is 15.4. The molecule has 1 heterocycles. The van der Waals surface area contributed by atoms with Crippen molar-refractivity contribution in [2.75, 3.05) is 26.2 Å². The topological polar surface area (TPSA) is 367 Å². The number of aliphatic hydroxyl groups is 1. The van der Waals surface area contributed by atoms with Gasteiger partial charge in [0, 0.05) is 80.4 Å². The second-order valence-corrected chi connectivity index (χ2v) is 22.2. The number of rotatable bonds is 36. The third-order valence-corrected chi connectivity index (χ3v) is 14.2. The zero-order valence-corrected chi connectivity index (χ0v) is 48.9. The number of benzene rings is 2. The Balaban J connectivity index is 1.99. The number of carbonyl (C=O) groups is 11. The van der Waals surface area contributed by atoms with Gasteiger partial charge in [-0.1, -0.05) is 65.0 Å². The fraction of sp³-hybridized carbons (Fsp3) is 0.534. The van der Waals surface area contributed by atoms with Gasteiger partial charge in [0.05, 0.1) is 18.5 Å². The van der Waals surface area contributed by atoms with Crippen molar-refractivity contribution in [3.8, 4) is 11.1 Å². The third kappa shape index (κ3) is 22.2. The Labute approximate surface area is 487 Å². The van der Waals surface area contributed by atoms with Crippen LogP contribution in [0.15, 0.2) is 60.8 Å². The van der Waals surface area contributed by atoms with Crippen molar-refractivity contribution in [2.24, 2.45) is 11.1 Å². The molecule has 8 amide bonds. The monoisotopic (exact) mass is 1180 g/mol. The van der Waals surface area contributed by atoms with Crippen LogP contribution < -0.4 is 43.0 Å². The van der Waals surface area contributed by atoms with E-state index < -0.39 is 157 Å². The fourth-order valence-corrected chi connectivity index (χ4v) is 9.16. The Bertz CT molecular complexity index is 2800. The van der Waals surface area contributed by atoms with Crippen LogP contribution in [-0.4, -0.2) is 152 Å². The van der Waals surface area contributed by atoms with Crippen molar-refractivity contribution in [1.82, 2.24) is 46.7 Å². The van der Waals surface area contributed by atoms with E-state index in [0.29, 0.717) is 18.5 Å². The lowest BCUT2D eigenvalue weighted by Gasteiger charge is -2.41. The molecule has 26 heteroatoms. The molecule has 1 aromatic heterocycles. The molecule has 0 aliphatic carbocycles. The minimum Gasteiger partial charge on any atom is -0.481 e. The Kier molecular flexibility index (Phi) is 27.3. The standard InChI is InChI=1S/C58H82F2N10O14/c1-9-57(8,10-2)67-48(76)18-14-17-46(74)64-35(3)52(80)65-36(4)53(81)68-58(34-72,29-45(61)73)33-63-42(54(82)62-25-23-47(75)66-43(55(83)84)21-22-50(78)79)24-26-70(49(77)32-71)51(56(5,6)7)44-27-38(40-28-39(59)19-20-41(40)60)31-69(44)30-37-15-12-11-13-16-37/h11-13,15-16,19-20,27-28,31,34-36,42-43,51,63,71H,9-10,14,17-18,21-26,29-30,32-33H2,1-8H3,(H2,61,73)(H,62,82)(H,64,74)(H,65,80)(H,66,75)(H,67,76)(H,68,81)(H,78,79)(H,83,84)/t35-,36-,42-,43+,51-,58+/m0/s1. The molecule has 0 bridgehead atoms. The van der Waals surface area contributed by atoms with Gasteiger partial charge in [-0.25, -0.2) is 13.6 Å². The van der Waals surface area contributed by atoms with Gasteiger partial charge in [-0.05, 0) is 88.1 Å². The highest BCUT2D eigenvalue weighted by molar-refractivity contribution is 5.94. The Hall–Kier alpha value is -8.13. The highest BCUT2D eigenvalue weighted by Gasteiger charge is 2.40. The van der Waals surface area contributed by atoms with Crippen LogP contribution in [0.5, 0.6) is 0 Å². The van der Waals surface area contributed by atoms with E-state index in [1.165, 1.54) is 18.7 Å². The van der Waals surface area contributed by atoms with E-state index in [2.05, 4.69) is 37.2 Å². The lowest BCUT2D eigenvalue weighted by atomic mass is 9.82. The predicted molar refractivity (Wildman–Crippen MR) is 304 cm³/mol. The number of aromatic nitrogens is 1. The third-order valence-electron chi connectivity index (χ3n) is 14.2. The quantitative estimate of drug-likeness (QED) is 0.0373. The van der Waals surface area contributed by atoms with Gasteiger partial charge >= 0.3 is 11.9 Å². The minimum atomic E-state index is -2.24. The van der Waals surface area contributed by atoms with Crippen LogP contribution in [0.1, 0.15) is 137 Å². The second-order valence-electron chi connectivity index (χ2n) is 22.2. The van der Waals surface area contributed by atoms with Crippen LogP contribution in [0.3, 0.4) is 0 Å². The molecule has 0 spiro atoms. The molecular weight excluding hydrogens is 1100 g/mol. The maximum atomic E-state index is 15.4. The molecule has 0 saturated carbocycles. The number of aldehydes is 1. The number of aliphatic hydroxyl groups excluding tert-OH is 1. The second kappa shape index (κ2) is 32.6. The first-order valence-electron chi connectivity index (χ1n) is 27.7. The first-order valence-corrected chi connectivity index (χ1v) is 27.7. The van der Waals surface area contributed by atoms with Crippen molar-refractivity contribution in [3.63, 3.8) is 0 Å². The fourth-order valence-electron chi connectivity index (χ4n) is 9.16. The summed E-state index contributed by atoms with van der Waals surface area (Å²) in [6, 6.07) is 6.92. The van der Waals surface area contributed by atoms with Crippen LogP contribution in [0.4, 0.5) is 8.78 Å². The van der Waals surface area contributed by atoms with Crippen LogP contribution in [-0.2, 0) is 59.3 Å². The zero-order valence-electron chi connectivity index (χ0n) is 48.9. The first-order chi connectivity index (χ1) is 39.4. The smallest absolute Gasteiger partial charge is 0.326 e. The Morgan fingerprint density at radius 1 is 0.750 bits per heavy atom. The molecule has 12 N–H and O–H groups in total. The Morgan fingerprint density at radius 2 is 1.38 bits per heavy atom. The summed E-state index contributed by atoms with van der Waals surface area (Å²) < 4.78 is 31.9. The zero-order chi connectivity index (χ0) is 63.1. The number of carbonyl (C=O) groups excluding carboxylic acids is 9. The summed E-state index contributed by atoms with van der Waals surface area (Å²) in [5.41, 5.74) is 3.40. The number of nitrogens with zero attached hydrogens (tertiary/aromatic N) is 2. The first kappa shape index (κ1) is 70.1. The average molecular weight is 1180 g/mol. The molecule has 0 radical (unpaired) electrons. The molecule has 24 nitrogen and oxygen atoms in total. The molecule has 0 unspecified atom stereocenters. The SMILES string of the molecule is CCC(C)(CC)NC(=O)CCCC(=O)N[C@@H](C)C(=O)N[C@@H](C)C(=O)N[C@@](C=O)(CN[C@@H](CCN(C(=O)CO)[C@@H](c1cc(-c2cc(F)ccc2F)cn1Cc1ccccc1)C(C)(C)C)C(=O)NCCC(=O)N[C@H](CCC(=O)O)C(=O)O)CC(N)=O. The van der Waals surface area contributed by atoms with Gasteiger partial charge in [0.25, 0.3) is 0 Å². The molecule has 462 valence electrons. The highest BCUT2D eigenvalue weighted by atomic mass is 19.1. The maximum Gasteiger partial charge on any atom is 0.326 e.